The highest BCUT2D eigenvalue weighted by Gasteiger charge is 2.24. The second kappa shape index (κ2) is 9.64. The SMILES string of the molecule is CC[C@H](C)N(CCNC(=O)Cn1c(=O)c2cccn2c2cccnc21)C1CCCCC1. The molecule has 7 heteroatoms. The minimum Gasteiger partial charge on any atom is -0.353 e. The standard InChI is InChI=1S/C24H33N5O2/c1-3-18(2)27(19-9-5-4-6-10-19)16-14-25-22(30)17-29-23-20(11-7-13-26-23)28-15-8-12-21(28)24(29)31/h7-8,11-13,15,18-19H,3-6,9-10,14,16-17H2,1-2H3,(H,25,30)/t18-/m0/s1. The van der Waals surface area contributed by atoms with E-state index in [0.29, 0.717) is 29.8 Å². The summed E-state index contributed by atoms with van der Waals surface area (Å²) in [5, 5.41) is 3.04. The summed E-state index contributed by atoms with van der Waals surface area (Å²) in [5.41, 5.74) is 1.69. The number of rotatable bonds is 8. The average molecular weight is 424 g/mol. The van der Waals surface area contributed by atoms with Crippen molar-refractivity contribution < 1.29 is 4.79 Å². The van der Waals surface area contributed by atoms with E-state index < -0.39 is 0 Å². The Kier molecular flexibility index (Phi) is 6.70. The number of aromatic nitrogens is 3. The highest BCUT2D eigenvalue weighted by Crippen LogP contribution is 2.24. The molecule has 166 valence electrons. The number of hydrogen-bond acceptors (Lipinski definition) is 4. The molecule has 0 saturated heterocycles. The van der Waals surface area contributed by atoms with Gasteiger partial charge in [-0.3, -0.25) is 19.1 Å². The van der Waals surface area contributed by atoms with Gasteiger partial charge in [0.05, 0.1) is 5.52 Å². The number of carbonyl (C=O) groups excluding carboxylic acids is 1. The topological polar surface area (TPSA) is 71.6 Å². The molecule has 0 bridgehead atoms. The van der Waals surface area contributed by atoms with Crippen molar-refractivity contribution in [2.75, 3.05) is 13.1 Å². The maximum Gasteiger partial charge on any atom is 0.276 e. The van der Waals surface area contributed by atoms with Crippen molar-refractivity contribution in [3.63, 3.8) is 0 Å². The van der Waals surface area contributed by atoms with Crippen LogP contribution in [-0.4, -0.2) is 49.9 Å². The van der Waals surface area contributed by atoms with Gasteiger partial charge in [-0.2, -0.15) is 0 Å². The lowest BCUT2D eigenvalue weighted by molar-refractivity contribution is -0.121. The van der Waals surface area contributed by atoms with Crippen molar-refractivity contribution in [2.24, 2.45) is 0 Å². The van der Waals surface area contributed by atoms with Gasteiger partial charge < -0.3 is 9.72 Å². The molecule has 3 aromatic rings. The monoisotopic (exact) mass is 423 g/mol. The van der Waals surface area contributed by atoms with Gasteiger partial charge in [0.1, 0.15) is 12.1 Å². The largest absolute Gasteiger partial charge is 0.353 e. The quantitative estimate of drug-likeness (QED) is 0.604. The molecular formula is C24H33N5O2. The molecule has 4 rings (SSSR count). The van der Waals surface area contributed by atoms with Crippen molar-refractivity contribution >= 4 is 22.6 Å². The molecule has 31 heavy (non-hydrogen) atoms. The van der Waals surface area contributed by atoms with Gasteiger partial charge >= 0.3 is 0 Å². The molecule has 1 atom stereocenters. The average Bonchev–Trinajstić information content (AvgIpc) is 3.30. The first-order valence-electron chi connectivity index (χ1n) is 11.6. The van der Waals surface area contributed by atoms with Gasteiger partial charge in [0.15, 0.2) is 5.65 Å². The zero-order valence-corrected chi connectivity index (χ0v) is 18.6. The Morgan fingerprint density at radius 1 is 1.23 bits per heavy atom. The van der Waals surface area contributed by atoms with Crippen LogP contribution < -0.4 is 10.9 Å². The Bertz CT molecular complexity index is 1100. The lowest BCUT2D eigenvalue weighted by atomic mass is 9.93. The number of hydrogen-bond donors (Lipinski definition) is 1. The third-order valence-corrected chi connectivity index (χ3v) is 6.69. The third-order valence-electron chi connectivity index (χ3n) is 6.69. The van der Waals surface area contributed by atoms with Crippen LogP contribution in [0.2, 0.25) is 0 Å². The smallest absolute Gasteiger partial charge is 0.276 e. The van der Waals surface area contributed by atoms with E-state index in [1.807, 2.05) is 28.8 Å². The highest BCUT2D eigenvalue weighted by molar-refractivity contribution is 5.80. The number of fused-ring (bicyclic) bond motifs is 3. The Morgan fingerprint density at radius 3 is 2.77 bits per heavy atom. The fraction of sp³-hybridized carbons (Fsp3) is 0.542. The van der Waals surface area contributed by atoms with Crippen LogP contribution in [-0.2, 0) is 11.3 Å². The van der Waals surface area contributed by atoms with E-state index in [1.165, 1.54) is 36.7 Å². The summed E-state index contributed by atoms with van der Waals surface area (Å²) in [6.45, 7) is 5.91. The van der Waals surface area contributed by atoms with Crippen LogP contribution in [0.15, 0.2) is 41.5 Å². The van der Waals surface area contributed by atoms with Gasteiger partial charge in [0.2, 0.25) is 5.91 Å². The summed E-state index contributed by atoms with van der Waals surface area (Å²) in [5.74, 6) is -0.155. The number of amides is 1. The first-order valence-corrected chi connectivity index (χ1v) is 11.6. The molecular weight excluding hydrogens is 390 g/mol. The van der Waals surface area contributed by atoms with Crippen molar-refractivity contribution in [3.8, 4) is 0 Å². The number of nitrogens with one attached hydrogen (secondary N) is 1. The van der Waals surface area contributed by atoms with Gasteiger partial charge in [0.25, 0.3) is 5.56 Å². The zero-order chi connectivity index (χ0) is 21.8. The Hall–Kier alpha value is -2.67. The van der Waals surface area contributed by atoms with E-state index in [1.54, 1.807) is 12.3 Å². The van der Waals surface area contributed by atoms with E-state index in [2.05, 4.69) is 29.0 Å². The molecule has 3 aromatic heterocycles. The minimum atomic E-state index is -0.199. The first-order chi connectivity index (χ1) is 15.1. The highest BCUT2D eigenvalue weighted by atomic mass is 16.2. The maximum atomic E-state index is 13.0. The lowest BCUT2D eigenvalue weighted by Gasteiger charge is -2.38. The number of carbonyl (C=O) groups is 1. The fourth-order valence-corrected chi connectivity index (χ4v) is 4.86. The molecule has 0 aromatic carbocycles. The molecule has 1 aliphatic rings. The Labute approximate surface area is 183 Å². The normalized spacial score (nSPS) is 16.2. The number of pyridine rings is 1. The van der Waals surface area contributed by atoms with Crippen LogP contribution >= 0.6 is 0 Å². The van der Waals surface area contributed by atoms with Crippen LogP contribution in [0.25, 0.3) is 16.7 Å². The van der Waals surface area contributed by atoms with E-state index in [4.69, 9.17) is 0 Å². The van der Waals surface area contributed by atoms with Crippen molar-refractivity contribution in [1.29, 1.82) is 0 Å². The second-order valence-corrected chi connectivity index (χ2v) is 8.64. The predicted octanol–water partition coefficient (Wildman–Crippen LogP) is 3.20. The van der Waals surface area contributed by atoms with Crippen LogP contribution in [0.5, 0.6) is 0 Å². The molecule has 0 aliphatic heterocycles. The maximum absolute atomic E-state index is 13.0. The summed E-state index contributed by atoms with van der Waals surface area (Å²) < 4.78 is 3.31. The molecule has 7 nitrogen and oxygen atoms in total. The summed E-state index contributed by atoms with van der Waals surface area (Å²) >= 11 is 0. The van der Waals surface area contributed by atoms with E-state index in [0.717, 1.165) is 18.5 Å². The van der Waals surface area contributed by atoms with Gasteiger partial charge in [-0.25, -0.2) is 4.98 Å². The van der Waals surface area contributed by atoms with E-state index >= 15 is 0 Å². The second-order valence-electron chi connectivity index (χ2n) is 8.64. The molecule has 0 spiro atoms. The minimum absolute atomic E-state index is 0.0270. The Balaban J connectivity index is 1.45. The predicted molar refractivity (Wildman–Crippen MR) is 123 cm³/mol. The zero-order valence-electron chi connectivity index (χ0n) is 18.6. The van der Waals surface area contributed by atoms with Crippen molar-refractivity contribution in [2.45, 2.75) is 71.0 Å². The van der Waals surface area contributed by atoms with Gasteiger partial charge in [0, 0.05) is 37.6 Å². The van der Waals surface area contributed by atoms with Crippen LogP contribution in [0, 0.1) is 0 Å². The van der Waals surface area contributed by atoms with E-state index in [9.17, 15) is 9.59 Å². The first kappa shape index (κ1) is 21.6. The summed E-state index contributed by atoms with van der Waals surface area (Å²) in [4.78, 5) is 32.7. The van der Waals surface area contributed by atoms with Gasteiger partial charge in [-0.05, 0) is 50.5 Å². The van der Waals surface area contributed by atoms with Crippen molar-refractivity contribution in [1.82, 2.24) is 24.2 Å². The molecule has 1 amide bonds. The van der Waals surface area contributed by atoms with Crippen LogP contribution in [0.4, 0.5) is 0 Å². The lowest BCUT2D eigenvalue weighted by Crippen LogP contribution is -2.47. The Morgan fingerprint density at radius 2 is 2.00 bits per heavy atom. The summed E-state index contributed by atoms with van der Waals surface area (Å²) in [7, 11) is 0. The number of nitrogens with zero attached hydrogens (tertiary/aromatic N) is 4. The molecule has 3 heterocycles. The molecule has 0 radical (unpaired) electrons. The molecule has 1 N–H and O–H groups in total. The van der Waals surface area contributed by atoms with Crippen molar-refractivity contribution in [3.05, 3.63) is 47.0 Å². The van der Waals surface area contributed by atoms with Crippen LogP contribution in [0.3, 0.4) is 0 Å². The molecule has 0 unspecified atom stereocenters. The molecule has 1 fully saturated rings. The summed E-state index contributed by atoms with van der Waals surface area (Å²) in [6.07, 6.45) is 11.1. The van der Waals surface area contributed by atoms with E-state index in [-0.39, 0.29) is 18.0 Å². The van der Waals surface area contributed by atoms with Gasteiger partial charge in [-0.1, -0.05) is 26.2 Å². The fourth-order valence-electron chi connectivity index (χ4n) is 4.86. The van der Waals surface area contributed by atoms with Crippen LogP contribution in [0.1, 0.15) is 52.4 Å². The molecule has 1 saturated carbocycles. The third kappa shape index (κ3) is 4.51. The molecule has 1 aliphatic carbocycles. The summed E-state index contributed by atoms with van der Waals surface area (Å²) in [6, 6.07) is 8.49. The van der Waals surface area contributed by atoms with Gasteiger partial charge in [-0.15, -0.1) is 0 Å².